The lowest BCUT2D eigenvalue weighted by Gasteiger charge is -2.20. The van der Waals surface area contributed by atoms with Crippen molar-refractivity contribution in [3.63, 3.8) is 0 Å². The summed E-state index contributed by atoms with van der Waals surface area (Å²) >= 11 is 0. The smallest absolute Gasteiger partial charge is 0.472 e. The van der Waals surface area contributed by atoms with Crippen molar-refractivity contribution in [3.05, 3.63) is 72.9 Å². The van der Waals surface area contributed by atoms with Gasteiger partial charge in [-0.2, -0.15) is 0 Å². The van der Waals surface area contributed by atoms with E-state index in [1.165, 1.54) is 32.1 Å². The van der Waals surface area contributed by atoms with Crippen LogP contribution >= 0.6 is 7.82 Å². The molecule has 0 aliphatic carbocycles. The van der Waals surface area contributed by atoms with Gasteiger partial charge in [0.1, 0.15) is 12.1 Å². The predicted molar refractivity (Wildman–Crippen MR) is 230 cm³/mol. The van der Waals surface area contributed by atoms with Gasteiger partial charge in [0.05, 0.1) is 19.8 Å². The van der Waals surface area contributed by atoms with Crippen LogP contribution < -0.4 is 5.73 Å². The molecule has 0 amide bonds. The molecule has 3 atom stereocenters. The van der Waals surface area contributed by atoms with Crippen LogP contribution in [0.3, 0.4) is 0 Å². The summed E-state index contributed by atoms with van der Waals surface area (Å²) in [7, 11) is -4.62. The number of nitrogens with two attached hydrogens (primary N) is 1. The van der Waals surface area contributed by atoms with Crippen LogP contribution in [0.2, 0.25) is 0 Å². The number of hydrogen-bond acceptors (Lipinski definition) is 8. The summed E-state index contributed by atoms with van der Waals surface area (Å²) in [5.41, 5.74) is 5.35. The van der Waals surface area contributed by atoms with Crippen LogP contribution in [0.25, 0.3) is 0 Å². The number of carbonyl (C=O) groups excluding carboxylic acids is 1. The first-order chi connectivity index (χ1) is 27.2. The van der Waals surface area contributed by atoms with Gasteiger partial charge in [-0.3, -0.25) is 18.6 Å². The van der Waals surface area contributed by atoms with E-state index in [1.807, 2.05) is 0 Å². The number of rotatable bonds is 40. The Morgan fingerprint density at radius 2 is 1.04 bits per heavy atom. The fraction of sp³-hybridized carbons (Fsp3) is 0.689. The maximum atomic E-state index is 12.6. The Labute approximate surface area is 340 Å². The number of carboxylic acids is 1. The van der Waals surface area contributed by atoms with E-state index in [-0.39, 0.29) is 13.0 Å². The van der Waals surface area contributed by atoms with E-state index in [0.29, 0.717) is 13.0 Å². The molecule has 0 radical (unpaired) electrons. The molecule has 10 nitrogen and oxygen atoms in total. The summed E-state index contributed by atoms with van der Waals surface area (Å²) in [5, 5.41) is 8.89. The fourth-order valence-corrected chi connectivity index (χ4v) is 6.17. The van der Waals surface area contributed by atoms with Crippen molar-refractivity contribution in [2.45, 2.75) is 174 Å². The Bertz CT molecular complexity index is 1160. The van der Waals surface area contributed by atoms with E-state index in [0.717, 1.165) is 103 Å². The number of hydrogen-bond donors (Lipinski definition) is 3. The molecular weight excluding hydrogens is 729 g/mol. The number of esters is 1. The maximum Gasteiger partial charge on any atom is 0.472 e. The number of ether oxygens (including phenoxy) is 2. The monoisotopic (exact) mass is 808 g/mol. The zero-order valence-corrected chi connectivity index (χ0v) is 35.8. The second kappa shape index (κ2) is 40.6. The molecule has 0 rings (SSSR count). The molecule has 0 aromatic rings. The number of unbranched alkanes of at least 4 members (excludes halogenated alkanes) is 14. The average molecular weight is 808 g/mol. The Hall–Kier alpha value is -2.59. The molecule has 0 aliphatic heterocycles. The maximum absolute atomic E-state index is 12.6. The van der Waals surface area contributed by atoms with E-state index in [1.54, 1.807) is 0 Å². The zero-order valence-electron chi connectivity index (χ0n) is 35.0. The van der Waals surface area contributed by atoms with Gasteiger partial charge in [-0.1, -0.05) is 145 Å². The summed E-state index contributed by atoms with van der Waals surface area (Å²) in [5.74, 6) is -1.80. The van der Waals surface area contributed by atoms with Crippen LogP contribution in [-0.4, -0.2) is 60.5 Å². The summed E-state index contributed by atoms with van der Waals surface area (Å²) in [6.45, 7) is 3.67. The van der Waals surface area contributed by atoms with Crippen molar-refractivity contribution in [1.82, 2.24) is 0 Å². The summed E-state index contributed by atoms with van der Waals surface area (Å²) in [4.78, 5) is 33.5. The Morgan fingerprint density at radius 1 is 0.589 bits per heavy atom. The van der Waals surface area contributed by atoms with Gasteiger partial charge in [0.15, 0.2) is 0 Å². The van der Waals surface area contributed by atoms with Gasteiger partial charge in [0.2, 0.25) is 0 Å². The second-order valence-corrected chi connectivity index (χ2v) is 15.5. The van der Waals surface area contributed by atoms with Gasteiger partial charge in [-0.15, -0.1) is 0 Å². The Kier molecular flexibility index (Phi) is 38.7. The average Bonchev–Trinajstić information content (AvgIpc) is 3.18. The topological polar surface area (TPSA) is 155 Å². The molecule has 56 heavy (non-hydrogen) atoms. The standard InChI is InChI=1S/C45H78NO9P/c1-3-5-7-9-11-13-15-17-18-19-20-21-22-23-24-25-26-28-30-32-34-36-38-52-39-42(40-53-56(50,51)54-41-43(46)45(48)49)55-44(47)37-35-33-31-29-27-16-14-12-10-8-6-4-2/h5,7,11-14,17-18,20-21,23-24,42-43H,3-4,6,8-10,15-16,19,22,25-41,46H2,1-2H3,(H,48,49)(H,50,51)/b7-5-,13-11-,14-12-,18-17-,21-20-,24-23-. The summed E-state index contributed by atoms with van der Waals surface area (Å²) < 4.78 is 33.3. The van der Waals surface area contributed by atoms with Crippen LogP contribution in [0.15, 0.2) is 72.9 Å². The molecule has 0 aromatic carbocycles. The first-order valence-corrected chi connectivity index (χ1v) is 23.0. The van der Waals surface area contributed by atoms with Crippen molar-refractivity contribution in [1.29, 1.82) is 0 Å². The van der Waals surface area contributed by atoms with E-state index in [4.69, 9.17) is 29.4 Å². The third-order valence-electron chi connectivity index (χ3n) is 8.72. The first-order valence-electron chi connectivity index (χ1n) is 21.5. The molecule has 0 heterocycles. The lowest BCUT2D eigenvalue weighted by molar-refractivity contribution is -0.154. The molecule has 322 valence electrons. The van der Waals surface area contributed by atoms with Crippen molar-refractivity contribution < 1.29 is 42.7 Å². The van der Waals surface area contributed by atoms with Gasteiger partial charge >= 0.3 is 19.8 Å². The molecule has 3 unspecified atom stereocenters. The van der Waals surface area contributed by atoms with Crippen LogP contribution in [-0.2, 0) is 32.7 Å². The minimum atomic E-state index is -4.62. The molecule has 11 heteroatoms. The van der Waals surface area contributed by atoms with Gasteiger partial charge in [-0.05, 0) is 83.5 Å². The number of aliphatic carboxylic acids is 1. The van der Waals surface area contributed by atoms with E-state index in [9.17, 15) is 19.0 Å². The van der Waals surface area contributed by atoms with Crippen molar-refractivity contribution in [2.75, 3.05) is 26.4 Å². The second-order valence-electron chi connectivity index (χ2n) is 14.1. The highest BCUT2D eigenvalue weighted by atomic mass is 31.2. The lowest BCUT2D eigenvalue weighted by atomic mass is 10.1. The van der Waals surface area contributed by atoms with Gasteiger partial charge < -0.3 is 25.2 Å². The summed E-state index contributed by atoms with van der Waals surface area (Å²) in [6, 6.07) is -1.48. The molecule has 0 saturated carbocycles. The normalized spacial score (nSPS) is 14.6. The highest BCUT2D eigenvalue weighted by molar-refractivity contribution is 7.47. The molecule has 0 fully saturated rings. The Morgan fingerprint density at radius 3 is 1.57 bits per heavy atom. The van der Waals surface area contributed by atoms with E-state index < -0.39 is 45.1 Å². The summed E-state index contributed by atoms with van der Waals surface area (Å²) in [6.07, 6.45) is 49.5. The minimum absolute atomic E-state index is 0.000407. The molecule has 4 N–H and O–H groups in total. The molecular formula is C45H78NO9P. The number of allylic oxidation sites excluding steroid dienone is 12. The van der Waals surface area contributed by atoms with Gasteiger partial charge in [0.25, 0.3) is 0 Å². The highest BCUT2D eigenvalue weighted by Crippen LogP contribution is 2.43. The zero-order chi connectivity index (χ0) is 41.2. The molecule has 0 bridgehead atoms. The van der Waals surface area contributed by atoms with Crippen LogP contribution in [0.4, 0.5) is 0 Å². The molecule has 0 spiro atoms. The lowest BCUT2D eigenvalue weighted by Crippen LogP contribution is -2.34. The van der Waals surface area contributed by atoms with Crippen LogP contribution in [0.5, 0.6) is 0 Å². The molecule has 0 aromatic heterocycles. The highest BCUT2D eigenvalue weighted by Gasteiger charge is 2.27. The fourth-order valence-electron chi connectivity index (χ4n) is 5.39. The SMILES string of the molecule is CC/C=C\C/C=C\C/C=C\C/C=C\C/C=C\CCCCCCCCOCC(COP(=O)(O)OCC(N)C(=O)O)OC(=O)CCCCCCC/C=C\CCCCC. The molecule has 0 saturated heterocycles. The third-order valence-corrected chi connectivity index (χ3v) is 9.67. The van der Waals surface area contributed by atoms with E-state index in [2.05, 4.69) is 86.8 Å². The van der Waals surface area contributed by atoms with Gasteiger partial charge in [0, 0.05) is 13.0 Å². The van der Waals surface area contributed by atoms with E-state index >= 15 is 0 Å². The molecule has 0 aliphatic rings. The van der Waals surface area contributed by atoms with Gasteiger partial charge in [-0.25, -0.2) is 4.57 Å². The number of phosphoric ester groups is 1. The van der Waals surface area contributed by atoms with Crippen molar-refractivity contribution in [3.8, 4) is 0 Å². The number of carboxylic acid groups (broad SMARTS) is 1. The first kappa shape index (κ1) is 53.4. The Balaban J connectivity index is 4.26. The van der Waals surface area contributed by atoms with Crippen molar-refractivity contribution in [2.24, 2.45) is 5.73 Å². The quantitative estimate of drug-likeness (QED) is 0.0236. The largest absolute Gasteiger partial charge is 0.480 e. The number of phosphoric acid groups is 1. The van der Waals surface area contributed by atoms with Crippen molar-refractivity contribution >= 4 is 19.8 Å². The minimum Gasteiger partial charge on any atom is -0.480 e. The van der Waals surface area contributed by atoms with Crippen LogP contribution in [0, 0.1) is 0 Å². The van der Waals surface area contributed by atoms with Crippen LogP contribution in [0.1, 0.15) is 162 Å². The third kappa shape index (κ3) is 39.6. The number of carbonyl (C=O) groups is 2. The predicted octanol–water partition coefficient (Wildman–Crippen LogP) is 11.8.